The molecule has 5 nitrogen and oxygen atoms in total. The molecular weight excluding hydrogens is 221 g/mol. The topological polar surface area (TPSA) is 56.5 Å². The van der Waals surface area contributed by atoms with Crippen molar-refractivity contribution in [3.8, 4) is 11.5 Å². The Morgan fingerprint density at radius 1 is 1.40 bits per heavy atom. The van der Waals surface area contributed by atoms with Gasteiger partial charge in [-0.2, -0.15) is 15.0 Å². The van der Waals surface area contributed by atoms with E-state index in [2.05, 4.69) is 20.2 Å². The second-order valence-electron chi connectivity index (χ2n) is 2.96. The first-order chi connectivity index (χ1) is 7.08. The minimum Gasteiger partial charge on any atom is -0.229 e. The van der Waals surface area contributed by atoms with Crippen molar-refractivity contribution in [2.45, 2.75) is 6.92 Å². The summed E-state index contributed by atoms with van der Waals surface area (Å²) in [6, 6.07) is 0. The van der Waals surface area contributed by atoms with Crippen molar-refractivity contribution in [2.24, 2.45) is 7.05 Å². The van der Waals surface area contributed by atoms with Crippen molar-refractivity contribution in [3.05, 3.63) is 22.9 Å². The van der Waals surface area contributed by atoms with Crippen LogP contribution in [-0.4, -0.2) is 25.0 Å². The van der Waals surface area contributed by atoms with E-state index in [1.807, 2.05) is 0 Å². The first-order valence-electron chi connectivity index (χ1n) is 4.14. The number of hydrogen-bond acceptors (Lipinski definition) is 4. The third-order valence-corrected chi connectivity index (χ3v) is 2.06. The predicted octanol–water partition coefficient (Wildman–Crippen LogP) is 1.37. The van der Waals surface area contributed by atoms with Gasteiger partial charge in [-0.1, -0.05) is 11.6 Å². The minimum absolute atomic E-state index is 0.190. The lowest BCUT2D eigenvalue weighted by atomic mass is 10.4. The van der Waals surface area contributed by atoms with Crippen LogP contribution in [0.15, 0.2) is 6.20 Å². The predicted molar refractivity (Wildman–Crippen MR) is 51.7 cm³/mol. The van der Waals surface area contributed by atoms with E-state index < -0.39 is 5.82 Å². The van der Waals surface area contributed by atoms with Crippen LogP contribution in [0.5, 0.6) is 0 Å². The van der Waals surface area contributed by atoms with Crippen molar-refractivity contribution < 1.29 is 4.39 Å². The van der Waals surface area contributed by atoms with Gasteiger partial charge in [-0.15, -0.1) is 0 Å². The molecule has 0 amide bonds. The van der Waals surface area contributed by atoms with Crippen LogP contribution in [-0.2, 0) is 7.05 Å². The molecule has 0 bridgehead atoms. The number of nitrogens with zero attached hydrogens (tertiary/aromatic N) is 5. The second-order valence-corrected chi connectivity index (χ2v) is 3.31. The Morgan fingerprint density at radius 3 is 2.67 bits per heavy atom. The number of halogens is 2. The van der Waals surface area contributed by atoms with Crippen LogP contribution in [0.1, 0.15) is 5.69 Å². The molecule has 0 aliphatic carbocycles. The average Bonchev–Trinajstić information content (AvgIpc) is 2.60. The molecule has 0 spiro atoms. The fourth-order valence-corrected chi connectivity index (χ4v) is 1.30. The van der Waals surface area contributed by atoms with Crippen molar-refractivity contribution in [2.75, 3.05) is 0 Å². The van der Waals surface area contributed by atoms with Crippen molar-refractivity contribution >= 4 is 11.6 Å². The van der Waals surface area contributed by atoms with Crippen LogP contribution in [0.3, 0.4) is 0 Å². The Morgan fingerprint density at radius 2 is 2.13 bits per heavy atom. The maximum absolute atomic E-state index is 13.1. The van der Waals surface area contributed by atoms with Gasteiger partial charge in [-0.3, -0.25) is 0 Å². The van der Waals surface area contributed by atoms with Gasteiger partial charge >= 0.3 is 0 Å². The Labute approximate surface area is 89.9 Å². The summed E-state index contributed by atoms with van der Waals surface area (Å²) in [5, 5.41) is 7.65. The highest BCUT2D eigenvalue weighted by Crippen LogP contribution is 2.18. The molecule has 2 heterocycles. The zero-order chi connectivity index (χ0) is 11.0. The zero-order valence-electron chi connectivity index (χ0n) is 8.07. The molecular formula is C8H7ClFN5. The lowest BCUT2D eigenvalue weighted by Crippen LogP contribution is -1.98. The van der Waals surface area contributed by atoms with Crippen LogP contribution in [0.2, 0.25) is 5.15 Å². The maximum Gasteiger partial charge on any atom is 0.183 e. The van der Waals surface area contributed by atoms with E-state index in [1.165, 1.54) is 17.9 Å². The lowest BCUT2D eigenvalue weighted by Gasteiger charge is -2.00. The van der Waals surface area contributed by atoms with Gasteiger partial charge in [0.05, 0.1) is 11.9 Å². The van der Waals surface area contributed by atoms with Gasteiger partial charge in [-0.25, -0.2) is 14.4 Å². The highest BCUT2D eigenvalue weighted by atomic mass is 35.5. The molecule has 0 N–H and O–H groups in total. The summed E-state index contributed by atoms with van der Waals surface area (Å²) in [6.45, 7) is 1.52. The molecule has 0 radical (unpaired) electrons. The summed E-state index contributed by atoms with van der Waals surface area (Å²) in [5.41, 5.74) is 0.651. The SMILES string of the molecule is Cc1nc(-c2cnn(C)n2)nc(Cl)c1F. The quantitative estimate of drug-likeness (QED) is 0.691. The molecule has 0 atom stereocenters. The van der Waals surface area contributed by atoms with Gasteiger partial charge in [0.2, 0.25) is 0 Å². The van der Waals surface area contributed by atoms with Gasteiger partial charge in [0.15, 0.2) is 16.8 Å². The van der Waals surface area contributed by atoms with E-state index in [4.69, 9.17) is 11.6 Å². The molecule has 2 aromatic rings. The molecule has 0 aromatic carbocycles. The molecule has 2 aromatic heterocycles. The first kappa shape index (κ1) is 9.97. The van der Waals surface area contributed by atoms with Crippen molar-refractivity contribution in [3.63, 3.8) is 0 Å². The van der Waals surface area contributed by atoms with Crippen molar-refractivity contribution in [1.29, 1.82) is 0 Å². The van der Waals surface area contributed by atoms with E-state index in [0.717, 1.165) is 0 Å². The summed E-state index contributed by atoms with van der Waals surface area (Å²) in [7, 11) is 1.67. The third kappa shape index (κ3) is 1.80. The average molecular weight is 228 g/mol. The smallest absolute Gasteiger partial charge is 0.183 e. The van der Waals surface area contributed by atoms with Crippen molar-refractivity contribution in [1.82, 2.24) is 25.0 Å². The highest BCUT2D eigenvalue weighted by Gasteiger charge is 2.12. The highest BCUT2D eigenvalue weighted by molar-refractivity contribution is 6.29. The van der Waals surface area contributed by atoms with E-state index in [-0.39, 0.29) is 16.7 Å². The van der Waals surface area contributed by atoms with E-state index in [1.54, 1.807) is 7.05 Å². The molecule has 0 saturated heterocycles. The second kappa shape index (κ2) is 3.54. The fourth-order valence-electron chi connectivity index (χ4n) is 1.09. The summed E-state index contributed by atoms with van der Waals surface area (Å²) in [4.78, 5) is 9.08. The number of hydrogen-bond donors (Lipinski definition) is 0. The molecule has 0 unspecified atom stereocenters. The molecule has 78 valence electrons. The molecule has 7 heteroatoms. The number of rotatable bonds is 1. The Hall–Kier alpha value is -1.56. The molecule has 0 aliphatic heterocycles. The minimum atomic E-state index is -0.607. The van der Waals surface area contributed by atoms with Gasteiger partial charge in [0.1, 0.15) is 5.69 Å². The summed E-state index contributed by atoms with van der Waals surface area (Å²) in [5.74, 6) is -0.337. The van der Waals surface area contributed by atoms with Crippen LogP contribution in [0.4, 0.5) is 4.39 Å². The van der Waals surface area contributed by atoms with E-state index >= 15 is 0 Å². The lowest BCUT2D eigenvalue weighted by molar-refractivity contribution is 0.602. The van der Waals surface area contributed by atoms with Crippen LogP contribution >= 0.6 is 11.6 Å². The Kier molecular flexibility index (Phi) is 2.36. The molecule has 0 aliphatic rings. The fraction of sp³-hybridized carbons (Fsp3) is 0.250. The monoisotopic (exact) mass is 227 g/mol. The summed E-state index contributed by atoms with van der Waals surface area (Å²) < 4.78 is 13.1. The summed E-state index contributed by atoms with van der Waals surface area (Å²) in [6.07, 6.45) is 1.49. The maximum atomic E-state index is 13.1. The molecule has 0 fully saturated rings. The van der Waals surface area contributed by atoms with Crippen LogP contribution < -0.4 is 0 Å². The first-order valence-corrected chi connectivity index (χ1v) is 4.52. The van der Waals surface area contributed by atoms with E-state index in [0.29, 0.717) is 5.69 Å². The molecule has 0 saturated carbocycles. The number of aryl methyl sites for hydroxylation is 2. The van der Waals surface area contributed by atoms with Crippen LogP contribution in [0, 0.1) is 12.7 Å². The van der Waals surface area contributed by atoms with Crippen LogP contribution in [0.25, 0.3) is 11.5 Å². The largest absolute Gasteiger partial charge is 0.229 e. The molecule has 2 rings (SSSR count). The third-order valence-electron chi connectivity index (χ3n) is 1.81. The Bertz CT molecular complexity index is 486. The molecule has 15 heavy (non-hydrogen) atoms. The van der Waals surface area contributed by atoms with Gasteiger partial charge < -0.3 is 0 Å². The summed E-state index contributed by atoms with van der Waals surface area (Å²) >= 11 is 5.59. The standard InChI is InChI=1S/C8H7ClFN5/c1-4-6(10)7(9)13-8(12-4)5-3-11-15(2)14-5/h3H,1-2H3. The van der Waals surface area contributed by atoms with E-state index in [9.17, 15) is 4.39 Å². The van der Waals surface area contributed by atoms with Gasteiger partial charge in [0, 0.05) is 7.05 Å². The van der Waals surface area contributed by atoms with Gasteiger partial charge in [-0.05, 0) is 6.92 Å². The zero-order valence-corrected chi connectivity index (χ0v) is 8.83. The van der Waals surface area contributed by atoms with Gasteiger partial charge in [0.25, 0.3) is 0 Å². The Balaban J connectivity index is 2.55. The normalized spacial score (nSPS) is 10.7. The number of aromatic nitrogens is 5.